The van der Waals surface area contributed by atoms with Crippen molar-refractivity contribution in [2.75, 3.05) is 5.73 Å². The van der Waals surface area contributed by atoms with E-state index < -0.39 is 0 Å². The molecule has 0 atom stereocenters. The molecule has 0 unspecified atom stereocenters. The molecule has 18 heavy (non-hydrogen) atoms. The molecule has 0 saturated carbocycles. The van der Waals surface area contributed by atoms with Gasteiger partial charge in [0.15, 0.2) is 5.69 Å². The molecule has 6 heteroatoms. The zero-order chi connectivity index (χ0) is 12.7. The smallest absolute Gasteiger partial charge is 0.299 e. The normalized spacial score (nSPS) is 10.9. The van der Waals surface area contributed by atoms with E-state index in [-0.39, 0.29) is 5.91 Å². The first-order chi connectivity index (χ1) is 8.65. The third-order valence-electron chi connectivity index (χ3n) is 2.71. The molecule has 2 heterocycles. The van der Waals surface area contributed by atoms with E-state index in [1.54, 1.807) is 30.5 Å². The van der Waals surface area contributed by atoms with Gasteiger partial charge in [0.1, 0.15) is 0 Å². The van der Waals surface area contributed by atoms with Crippen molar-refractivity contribution in [3.8, 4) is 0 Å². The van der Waals surface area contributed by atoms with Crippen molar-refractivity contribution in [2.24, 2.45) is 0 Å². The second kappa shape index (κ2) is 3.69. The molecule has 0 radical (unpaired) electrons. The van der Waals surface area contributed by atoms with E-state index in [1.807, 2.05) is 6.92 Å². The van der Waals surface area contributed by atoms with Gasteiger partial charge >= 0.3 is 0 Å². The zero-order valence-corrected chi connectivity index (χ0v) is 9.71. The van der Waals surface area contributed by atoms with Gasteiger partial charge in [-0.3, -0.25) is 9.89 Å². The molecular weight excluding hydrogens is 230 g/mol. The number of aromatic nitrogens is 4. The van der Waals surface area contributed by atoms with Crippen LogP contribution in [0.2, 0.25) is 0 Å². The van der Waals surface area contributed by atoms with Gasteiger partial charge in [0.05, 0.1) is 11.7 Å². The predicted octanol–water partition coefficient (Wildman–Crippen LogP) is 1.34. The maximum Gasteiger partial charge on any atom is 0.299 e. The maximum absolute atomic E-state index is 12.2. The number of aryl methyl sites for hydroxylation is 1. The average molecular weight is 241 g/mol. The van der Waals surface area contributed by atoms with E-state index in [4.69, 9.17) is 5.73 Å². The van der Waals surface area contributed by atoms with E-state index in [2.05, 4.69) is 15.3 Å². The Morgan fingerprint density at radius 1 is 1.39 bits per heavy atom. The maximum atomic E-state index is 12.2. The van der Waals surface area contributed by atoms with Crippen LogP contribution >= 0.6 is 0 Å². The second-order valence-corrected chi connectivity index (χ2v) is 4.12. The molecule has 90 valence electrons. The predicted molar refractivity (Wildman–Crippen MR) is 67.2 cm³/mol. The topological polar surface area (TPSA) is 89.6 Å². The minimum absolute atomic E-state index is 0.265. The SMILES string of the molecule is Cc1cc(C(=O)n2ncc3cc(N)ccc32)n[nH]1. The van der Waals surface area contributed by atoms with Crippen LogP contribution in [0.4, 0.5) is 5.69 Å². The monoisotopic (exact) mass is 241 g/mol. The average Bonchev–Trinajstić information content (AvgIpc) is 2.94. The highest BCUT2D eigenvalue weighted by Crippen LogP contribution is 2.17. The summed E-state index contributed by atoms with van der Waals surface area (Å²) in [6.45, 7) is 1.84. The largest absolute Gasteiger partial charge is 0.399 e. The Labute approximate surface area is 102 Å². The zero-order valence-electron chi connectivity index (χ0n) is 9.71. The number of fused-ring (bicyclic) bond motifs is 1. The Morgan fingerprint density at radius 3 is 2.94 bits per heavy atom. The number of carbonyl (C=O) groups excluding carboxylic acids is 1. The summed E-state index contributed by atoms with van der Waals surface area (Å²) in [5, 5.41) is 11.6. The molecule has 6 nitrogen and oxygen atoms in total. The summed E-state index contributed by atoms with van der Waals surface area (Å²) in [6, 6.07) is 6.98. The summed E-state index contributed by atoms with van der Waals surface area (Å²) in [7, 11) is 0. The summed E-state index contributed by atoms with van der Waals surface area (Å²) < 4.78 is 1.32. The number of rotatable bonds is 1. The summed E-state index contributed by atoms with van der Waals surface area (Å²) in [6.07, 6.45) is 1.61. The molecule has 1 aromatic carbocycles. The second-order valence-electron chi connectivity index (χ2n) is 4.12. The van der Waals surface area contributed by atoms with E-state index in [0.29, 0.717) is 11.4 Å². The van der Waals surface area contributed by atoms with Gasteiger partial charge in [-0.15, -0.1) is 0 Å². The van der Waals surface area contributed by atoms with Gasteiger partial charge in [0.25, 0.3) is 5.91 Å². The molecule has 0 fully saturated rings. The van der Waals surface area contributed by atoms with Crippen molar-refractivity contribution in [3.63, 3.8) is 0 Å². The number of benzene rings is 1. The molecule has 0 saturated heterocycles. The minimum atomic E-state index is -0.265. The number of nitrogen functional groups attached to an aromatic ring is 1. The van der Waals surface area contributed by atoms with Crippen LogP contribution in [0.3, 0.4) is 0 Å². The van der Waals surface area contributed by atoms with Gasteiger partial charge < -0.3 is 5.73 Å². The van der Waals surface area contributed by atoms with Crippen molar-refractivity contribution < 1.29 is 4.79 Å². The van der Waals surface area contributed by atoms with Crippen LogP contribution < -0.4 is 5.73 Å². The van der Waals surface area contributed by atoms with Gasteiger partial charge in [0, 0.05) is 16.8 Å². The van der Waals surface area contributed by atoms with E-state index in [1.165, 1.54) is 4.68 Å². The van der Waals surface area contributed by atoms with Gasteiger partial charge in [-0.1, -0.05) is 0 Å². The van der Waals surface area contributed by atoms with Crippen LogP contribution in [0.5, 0.6) is 0 Å². The van der Waals surface area contributed by atoms with E-state index in [9.17, 15) is 4.79 Å². The Hall–Kier alpha value is -2.63. The molecule has 0 aliphatic carbocycles. The fourth-order valence-electron chi connectivity index (χ4n) is 1.85. The van der Waals surface area contributed by atoms with Crippen LogP contribution in [0.1, 0.15) is 16.2 Å². The Bertz CT molecular complexity index is 740. The Balaban J connectivity index is 2.12. The minimum Gasteiger partial charge on any atom is -0.399 e. The van der Waals surface area contributed by atoms with Crippen molar-refractivity contribution >= 4 is 22.5 Å². The van der Waals surface area contributed by atoms with Gasteiger partial charge in [-0.2, -0.15) is 14.9 Å². The van der Waals surface area contributed by atoms with Crippen LogP contribution in [0.15, 0.2) is 30.5 Å². The van der Waals surface area contributed by atoms with E-state index in [0.717, 1.165) is 16.6 Å². The number of aromatic amines is 1. The number of nitrogens with two attached hydrogens (primary N) is 1. The molecule has 0 spiro atoms. The van der Waals surface area contributed by atoms with Crippen molar-refractivity contribution in [1.29, 1.82) is 0 Å². The summed E-state index contributed by atoms with van der Waals surface area (Å²) in [5.74, 6) is -0.265. The highest BCUT2D eigenvalue weighted by atomic mass is 16.2. The molecule has 0 aliphatic rings. The van der Waals surface area contributed by atoms with Crippen LogP contribution in [0, 0.1) is 6.92 Å². The lowest BCUT2D eigenvalue weighted by Gasteiger charge is -1.99. The Morgan fingerprint density at radius 2 is 2.22 bits per heavy atom. The Kier molecular flexibility index (Phi) is 2.16. The number of nitrogens with one attached hydrogen (secondary N) is 1. The van der Waals surface area contributed by atoms with Gasteiger partial charge in [-0.05, 0) is 31.2 Å². The fraction of sp³-hybridized carbons (Fsp3) is 0.0833. The molecule has 3 rings (SSSR count). The molecular formula is C12H11N5O. The molecule has 0 bridgehead atoms. The highest BCUT2D eigenvalue weighted by Gasteiger charge is 2.15. The first kappa shape index (κ1) is 10.5. The summed E-state index contributed by atoms with van der Waals surface area (Å²) >= 11 is 0. The molecule has 0 aliphatic heterocycles. The lowest BCUT2D eigenvalue weighted by molar-refractivity contribution is 0.0945. The first-order valence-corrected chi connectivity index (χ1v) is 5.45. The third kappa shape index (κ3) is 1.55. The lowest BCUT2D eigenvalue weighted by Crippen LogP contribution is -2.13. The summed E-state index contributed by atoms with van der Waals surface area (Å²) in [4.78, 5) is 12.2. The van der Waals surface area contributed by atoms with Crippen LogP contribution in [-0.2, 0) is 0 Å². The summed E-state index contributed by atoms with van der Waals surface area (Å²) in [5.41, 5.74) is 8.22. The highest BCUT2D eigenvalue weighted by molar-refractivity contribution is 6.00. The quantitative estimate of drug-likeness (QED) is 0.629. The van der Waals surface area contributed by atoms with Gasteiger partial charge in [-0.25, -0.2) is 0 Å². The van der Waals surface area contributed by atoms with Crippen LogP contribution in [0.25, 0.3) is 10.9 Å². The fourth-order valence-corrected chi connectivity index (χ4v) is 1.85. The first-order valence-electron chi connectivity index (χ1n) is 5.45. The van der Waals surface area contributed by atoms with E-state index >= 15 is 0 Å². The number of carbonyl (C=O) groups is 1. The molecule has 2 aromatic heterocycles. The number of anilines is 1. The number of H-pyrrole nitrogens is 1. The number of nitrogens with zero attached hydrogens (tertiary/aromatic N) is 3. The standard InChI is InChI=1S/C12H11N5O/c1-7-4-10(16-15-7)12(18)17-11-3-2-9(13)5-8(11)6-14-17/h2-6H,13H2,1H3,(H,15,16). The number of hydrogen-bond donors (Lipinski definition) is 2. The van der Waals surface area contributed by atoms with Gasteiger partial charge in [0.2, 0.25) is 0 Å². The molecule has 0 amide bonds. The molecule has 3 aromatic rings. The van der Waals surface area contributed by atoms with Crippen molar-refractivity contribution in [1.82, 2.24) is 20.0 Å². The lowest BCUT2D eigenvalue weighted by atomic mass is 10.2. The third-order valence-corrected chi connectivity index (χ3v) is 2.71. The van der Waals surface area contributed by atoms with Crippen molar-refractivity contribution in [2.45, 2.75) is 6.92 Å². The molecule has 3 N–H and O–H groups in total. The van der Waals surface area contributed by atoms with Crippen LogP contribution in [-0.4, -0.2) is 25.9 Å². The van der Waals surface area contributed by atoms with Crippen molar-refractivity contribution in [3.05, 3.63) is 41.9 Å². The number of hydrogen-bond acceptors (Lipinski definition) is 4.